The van der Waals surface area contributed by atoms with Gasteiger partial charge in [-0.25, -0.2) is 10.1 Å². The number of nitrogens with zero attached hydrogens (tertiary/aromatic N) is 3. The van der Waals surface area contributed by atoms with Crippen molar-refractivity contribution in [3.63, 3.8) is 0 Å². The Morgan fingerprint density at radius 3 is 2.76 bits per heavy atom. The number of hydrazine groups is 1. The van der Waals surface area contributed by atoms with Gasteiger partial charge >= 0.3 is 0 Å². The summed E-state index contributed by atoms with van der Waals surface area (Å²) >= 11 is 0. The van der Waals surface area contributed by atoms with Crippen LogP contribution in [0.4, 0.5) is 0 Å². The zero-order chi connectivity index (χ0) is 14.7. The zero-order valence-electron chi connectivity index (χ0n) is 12.1. The van der Waals surface area contributed by atoms with Gasteiger partial charge in [0.1, 0.15) is 0 Å². The second kappa shape index (κ2) is 6.34. The number of nitrogens with one attached hydrogen (secondary N) is 1. The smallest absolute Gasteiger partial charge is 0.0913 e. The molecule has 1 aliphatic rings. The molecule has 3 rings (SSSR count). The average Bonchev–Trinajstić information content (AvgIpc) is 3.26. The van der Waals surface area contributed by atoms with Crippen LogP contribution >= 0.6 is 0 Å². The van der Waals surface area contributed by atoms with Crippen LogP contribution in [-0.4, -0.2) is 27.7 Å². The lowest BCUT2D eigenvalue weighted by molar-refractivity contribution is 0.0169. The Morgan fingerprint density at radius 2 is 2.14 bits per heavy atom. The molecule has 0 radical (unpaired) electrons. The summed E-state index contributed by atoms with van der Waals surface area (Å²) in [5.74, 6) is 6.37. The maximum Gasteiger partial charge on any atom is 0.0913 e. The summed E-state index contributed by atoms with van der Waals surface area (Å²) in [4.78, 5) is 0. The molecule has 0 aliphatic heterocycles. The molecular formula is C15H21N5O. The highest BCUT2D eigenvalue weighted by molar-refractivity contribution is 5.32. The van der Waals surface area contributed by atoms with E-state index in [-0.39, 0.29) is 12.1 Å². The molecule has 0 saturated heterocycles. The second-order valence-corrected chi connectivity index (χ2v) is 5.31. The average molecular weight is 287 g/mol. The van der Waals surface area contributed by atoms with Crippen LogP contribution < -0.4 is 11.3 Å². The molecule has 112 valence electrons. The third kappa shape index (κ3) is 2.97. The molecule has 2 aromatic rings. The lowest BCUT2D eigenvalue weighted by Gasteiger charge is -2.26. The Kier molecular flexibility index (Phi) is 4.28. The van der Waals surface area contributed by atoms with Gasteiger partial charge in [-0.1, -0.05) is 23.4 Å². The molecule has 21 heavy (non-hydrogen) atoms. The molecular weight excluding hydrogens is 266 g/mol. The molecule has 0 bridgehead atoms. The maximum absolute atomic E-state index is 5.92. The molecule has 2 atom stereocenters. The van der Waals surface area contributed by atoms with Crippen molar-refractivity contribution in [1.29, 1.82) is 0 Å². The summed E-state index contributed by atoms with van der Waals surface area (Å²) in [5.41, 5.74) is 4.79. The van der Waals surface area contributed by atoms with Crippen molar-refractivity contribution in [2.45, 2.75) is 31.9 Å². The van der Waals surface area contributed by atoms with Crippen LogP contribution in [0.1, 0.15) is 31.5 Å². The number of hydrogen-bond acceptors (Lipinski definition) is 5. The topological polar surface area (TPSA) is 78.0 Å². The van der Waals surface area contributed by atoms with Crippen molar-refractivity contribution in [3.8, 4) is 5.69 Å². The number of benzene rings is 1. The van der Waals surface area contributed by atoms with Gasteiger partial charge < -0.3 is 4.74 Å². The van der Waals surface area contributed by atoms with Crippen molar-refractivity contribution in [2.24, 2.45) is 11.8 Å². The monoisotopic (exact) mass is 287 g/mol. The van der Waals surface area contributed by atoms with Gasteiger partial charge in [0.05, 0.1) is 29.7 Å². The Hall–Kier alpha value is -1.76. The fourth-order valence-electron chi connectivity index (χ4n) is 2.70. The number of aromatic nitrogens is 3. The predicted molar refractivity (Wildman–Crippen MR) is 79.6 cm³/mol. The van der Waals surface area contributed by atoms with E-state index < -0.39 is 0 Å². The van der Waals surface area contributed by atoms with Crippen LogP contribution in [0, 0.1) is 5.92 Å². The lowest BCUT2D eigenvalue weighted by Crippen LogP contribution is -2.40. The van der Waals surface area contributed by atoms with Gasteiger partial charge in [-0.15, -0.1) is 5.10 Å². The normalized spacial score (nSPS) is 17.6. The highest BCUT2D eigenvalue weighted by atomic mass is 16.5. The molecule has 1 aromatic carbocycles. The molecule has 0 spiro atoms. The Bertz CT molecular complexity index is 566. The lowest BCUT2D eigenvalue weighted by atomic mass is 10.0. The summed E-state index contributed by atoms with van der Waals surface area (Å²) < 4.78 is 7.74. The summed E-state index contributed by atoms with van der Waals surface area (Å²) in [6.07, 6.45) is 4.19. The first-order chi connectivity index (χ1) is 10.3. The number of nitrogens with two attached hydrogens (primary N) is 1. The SMILES string of the molecule is CCOC(C1CC1)C(NN)c1cnnn1-c1ccccc1. The quantitative estimate of drug-likeness (QED) is 0.597. The van der Waals surface area contributed by atoms with Crippen LogP contribution in [0.5, 0.6) is 0 Å². The maximum atomic E-state index is 5.92. The van der Waals surface area contributed by atoms with E-state index >= 15 is 0 Å². The molecule has 1 heterocycles. The molecule has 1 aromatic heterocycles. The minimum absolute atomic E-state index is 0.0564. The van der Waals surface area contributed by atoms with Gasteiger partial charge in [-0.05, 0) is 37.8 Å². The van der Waals surface area contributed by atoms with E-state index in [0.717, 1.165) is 11.4 Å². The highest BCUT2D eigenvalue weighted by Gasteiger charge is 2.39. The minimum atomic E-state index is -0.118. The van der Waals surface area contributed by atoms with E-state index in [2.05, 4.69) is 15.7 Å². The molecule has 3 N–H and O–H groups in total. The van der Waals surface area contributed by atoms with Crippen molar-refractivity contribution in [2.75, 3.05) is 6.61 Å². The van der Waals surface area contributed by atoms with Crippen molar-refractivity contribution in [1.82, 2.24) is 20.4 Å². The number of rotatable bonds is 7. The van der Waals surface area contributed by atoms with Gasteiger partial charge in [0.25, 0.3) is 0 Å². The third-order valence-electron chi connectivity index (χ3n) is 3.85. The van der Waals surface area contributed by atoms with Gasteiger partial charge in [-0.2, -0.15) is 0 Å². The van der Waals surface area contributed by atoms with E-state index in [1.165, 1.54) is 12.8 Å². The minimum Gasteiger partial charge on any atom is -0.376 e. The number of hydrogen-bond donors (Lipinski definition) is 2. The van der Waals surface area contributed by atoms with E-state index in [1.54, 1.807) is 6.20 Å². The van der Waals surface area contributed by atoms with Crippen molar-refractivity contribution >= 4 is 0 Å². The van der Waals surface area contributed by atoms with Crippen LogP contribution in [0.3, 0.4) is 0 Å². The first-order valence-electron chi connectivity index (χ1n) is 7.39. The van der Waals surface area contributed by atoms with Crippen LogP contribution in [0.15, 0.2) is 36.5 Å². The second-order valence-electron chi connectivity index (χ2n) is 5.31. The van der Waals surface area contributed by atoms with Crippen LogP contribution in [0.2, 0.25) is 0 Å². The van der Waals surface area contributed by atoms with Crippen molar-refractivity contribution < 1.29 is 4.74 Å². The molecule has 6 nitrogen and oxygen atoms in total. The number of ether oxygens (including phenoxy) is 1. The Morgan fingerprint density at radius 1 is 1.38 bits per heavy atom. The summed E-state index contributed by atoms with van der Waals surface area (Å²) in [5, 5.41) is 8.24. The predicted octanol–water partition coefficient (Wildman–Crippen LogP) is 1.59. The van der Waals surface area contributed by atoms with E-state index in [1.807, 2.05) is 41.9 Å². The van der Waals surface area contributed by atoms with Gasteiger partial charge in [0, 0.05) is 6.61 Å². The first-order valence-corrected chi connectivity index (χ1v) is 7.39. The Balaban J connectivity index is 1.92. The molecule has 1 aliphatic carbocycles. The third-order valence-corrected chi connectivity index (χ3v) is 3.85. The summed E-state index contributed by atoms with van der Waals surface area (Å²) in [6, 6.07) is 9.81. The van der Waals surface area contributed by atoms with E-state index in [4.69, 9.17) is 10.6 Å². The molecule has 6 heteroatoms. The van der Waals surface area contributed by atoms with Gasteiger partial charge in [-0.3, -0.25) is 5.84 Å². The molecule has 1 fully saturated rings. The van der Waals surface area contributed by atoms with E-state index in [9.17, 15) is 0 Å². The van der Waals surface area contributed by atoms with Crippen LogP contribution in [-0.2, 0) is 4.74 Å². The van der Waals surface area contributed by atoms with Crippen LogP contribution in [0.25, 0.3) is 5.69 Å². The largest absolute Gasteiger partial charge is 0.376 e. The fraction of sp³-hybridized carbons (Fsp3) is 0.467. The standard InChI is InChI=1S/C15H21N5O/c1-2-21-15(11-8-9-11)14(18-16)13-10-17-19-20(13)12-6-4-3-5-7-12/h3-7,10-11,14-15,18H,2,8-9,16H2,1H3. The van der Waals surface area contributed by atoms with Crippen molar-refractivity contribution in [3.05, 3.63) is 42.2 Å². The van der Waals surface area contributed by atoms with E-state index in [0.29, 0.717) is 12.5 Å². The summed E-state index contributed by atoms with van der Waals surface area (Å²) in [7, 11) is 0. The molecule has 2 unspecified atom stereocenters. The zero-order valence-corrected chi connectivity index (χ0v) is 12.1. The number of para-hydroxylation sites is 1. The first kappa shape index (κ1) is 14.2. The highest BCUT2D eigenvalue weighted by Crippen LogP contribution is 2.39. The summed E-state index contributed by atoms with van der Waals surface area (Å²) in [6.45, 7) is 2.68. The molecule has 0 amide bonds. The fourth-order valence-corrected chi connectivity index (χ4v) is 2.70. The Labute approximate surface area is 124 Å². The van der Waals surface area contributed by atoms with Gasteiger partial charge in [0.2, 0.25) is 0 Å². The van der Waals surface area contributed by atoms with Gasteiger partial charge in [0.15, 0.2) is 0 Å². The molecule has 1 saturated carbocycles.